The number of aromatic amines is 1. The topological polar surface area (TPSA) is 95.9 Å². The molecule has 4 rings (SSSR count). The molecule has 1 fully saturated rings. The number of nitrogens with one attached hydrogen (secondary N) is 2. The molecule has 0 atom stereocenters. The van der Waals surface area contributed by atoms with Crippen LogP contribution in [0.5, 0.6) is 0 Å². The van der Waals surface area contributed by atoms with Gasteiger partial charge in [0, 0.05) is 18.9 Å². The summed E-state index contributed by atoms with van der Waals surface area (Å²) in [6.45, 7) is 4.23. The first-order chi connectivity index (χ1) is 13.6. The van der Waals surface area contributed by atoms with Gasteiger partial charge >= 0.3 is 0 Å². The van der Waals surface area contributed by atoms with Crippen molar-refractivity contribution in [3.05, 3.63) is 58.9 Å². The van der Waals surface area contributed by atoms with Crippen LogP contribution in [0.2, 0.25) is 0 Å². The molecule has 146 valence electrons. The monoisotopic (exact) mass is 380 g/mol. The van der Waals surface area contributed by atoms with E-state index in [9.17, 15) is 9.59 Å². The zero-order valence-corrected chi connectivity index (χ0v) is 15.9. The number of likely N-dealkylation sites (N-methyl/N-ethyl adjacent to an activating group) is 1. The Kier molecular flexibility index (Phi) is 4.95. The van der Waals surface area contributed by atoms with Gasteiger partial charge < -0.3 is 15.2 Å². The van der Waals surface area contributed by atoms with Gasteiger partial charge in [-0.05, 0) is 51.1 Å². The molecule has 0 radical (unpaired) electrons. The summed E-state index contributed by atoms with van der Waals surface area (Å²) >= 11 is 0. The smallest absolute Gasteiger partial charge is 0.258 e. The molecule has 0 saturated carbocycles. The summed E-state index contributed by atoms with van der Waals surface area (Å²) in [6, 6.07) is 9.06. The molecule has 0 unspecified atom stereocenters. The third-order valence-corrected chi connectivity index (χ3v) is 5.44. The quantitative estimate of drug-likeness (QED) is 0.694. The number of benzene rings is 1. The zero-order chi connectivity index (χ0) is 19.6. The molecule has 8 nitrogen and oxygen atoms in total. The molecule has 0 bridgehead atoms. The van der Waals surface area contributed by atoms with Crippen LogP contribution in [0.25, 0.3) is 10.9 Å². The van der Waals surface area contributed by atoms with E-state index in [1.165, 1.54) is 0 Å². The maximum atomic E-state index is 13.6. The van der Waals surface area contributed by atoms with Crippen LogP contribution in [-0.4, -0.2) is 50.2 Å². The molecule has 2 aromatic heterocycles. The van der Waals surface area contributed by atoms with Crippen molar-refractivity contribution in [1.29, 1.82) is 0 Å². The van der Waals surface area contributed by atoms with Gasteiger partial charge in [0.2, 0.25) is 0 Å². The first-order valence-electron chi connectivity index (χ1n) is 9.62. The highest BCUT2D eigenvalue weighted by Crippen LogP contribution is 2.29. The van der Waals surface area contributed by atoms with Gasteiger partial charge in [0.15, 0.2) is 0 Å². The lowest BCUT2D eigenvalue weighted by atomic mass is 9.86. The molecule has 2 N–H and O–H groups in total. The van der Waals surface area contributed by atoms with Crippen molar-refractivity contribution in [1.82, 2.24) is 30.0 Å². The molecule has 1 aromatic carbocycles. The van der Waals surface area contributed by atoms with Crippen LogP contribution in [0.3, 0.4) is 0 Å². The Bertz CT molecular complexity index is 1020. The number of fused-ring (bicyclic) bond motifs is 1. The van der Waals surface area contributed by atoms with Crippen molar-refractivity contribution in [2.45, 2.75) is 31.8 Å². The van der Waals surface area contributed by atoms with Crippen LogP contribution in [0.15, 0.2) is 47.5 Å². The van der Waals surface area contributed by atoms with E-state index in [0.29, 0.717) is 36.1 Å². The minimum absolute atomic E-state index is 0.0102. The summed E-state index contributed by atoms with van der Waals surface area (Å²) in [4.78, 5) is 35.1. The van der Waals surface area contributed by atoms with Crippen LogP contribution in [0.4, 0.5) is 0 Å². The van der Waals surface area contributed by atoms with Gasteiger partial charge in [-0.3, -0.25) is 14.3 Å². The van der Waals surface area contributed by atoms with Crippen molar-refractivity contribution in [2.75, 3.05) is 19.6 Å². The van der Waals surface area contributed by atoms with Crippen LogP contribution in [-0.2, 0) is 16.9 Å². The SMILES string of the molecule is CCN(Cc1nc2ccccc2c(=O)[nH]1)C(=O)C1(n2cccn2)CCNCC1. The Morgan fingerprint density at radius 2 is 2.04 bits per heavy atom. The number of H-pyrrole nitrogens is 1. The van der Waals surface area contributed by atoms with Gasteiger partial charge in [0.25, 0.3) is 11.5 Å². The second-order valence-electron chi connectivity index (χ2n) is 7.08. The number of para-hydroxylation sites is 1. The van der Waals surface area contributed by atoms with Gasteiger partial charge in [-0.25, -0.2) is 4.98 Å². The summed E-state index contributed by atoms with van der Waals surface area (Å²) in [5.41, 5.74) is -0.261. The second kappa shape index (κ2) is 7.55. The molecular formula is C20H24N6O2. The molecule has 28 heavy (non-hydrogen) atoms. The van der Waals surface area contributed by atoms with E-state index < -0.39 is 5.54 Å². The molecule has 1 aliphatic rings. The van der Waals surface area contributed by atoms with Crippen LogP contribution in [0, 0.1) is 0 Å². The van der Waals surface area contributed by atoms with E-state index in [1.54, 1.807) is 21.8 Å². The fourth-order valence-electron chi connectivity index (χ4n) is 3.92. The Hall–Kier alpha value is -3.00. The first-order valence-corrected chi connectivity index (χ1v) is 9.62. The van der Waals surface area contributed by atoms with Gasteiger partial charge in [-0.15, -0.1) is 0 Å². The Morgan fingerprint density at radius 3 is 2.75 bits per heavy atom. The van der Waals surface area contributed by atoms with Crippen molar-refractivity contribution in [3.63, 3.8) is 0 Å². The normalized spacial score (nSPS) is 16.2. The lowest BCUT2D eigenvalue weighted by molar-refractivity contribution is -0.143. The van der Waals surface area contributed by atoms with Crippen molar-refractivity contribution < 1.29 is 4.79 Å². The largest absolute Gasteiger partial charge is 0.333 e. The summed E-state index contributed by atoms with van der Waals surface area (Å²) in [5, 5.41) is 8.25. The van der Waals surface area contributed by atoms with Gasteiger partial charge in [0.05, 0.1) is 17.4 Å². The van der Waals surface area contributed by atoms with Crippen molar-refractivity contribution in [3.8, 4) is 0 Å². The van der Waals surface area contributed by atoms with Crippen molar-refractivity contribution >= 4 is 16.8 Å². The fourth-order valence-corrected chi connectivity index (χ4v) is 3.92. The number of nitrogens with zero attached hydrogens (tertiary/aromatic N) is 4. The molecule has 8 heteroatoms. The van der Waals surface area contributed by atoms with E-state index in [1.807, 2.05) is 37.4 Å². The number of aromatic nitrogens is 4. The molecule has 3 heterocycles. The number of piperidine rings is 1. The molecular weight excluding hydrogens is 356 g/mol. The predicted octanol–water partition coefficient (Wildman–Crippen LogP) is 1.25. The number of amides is 1. The Labute approximate surface area is 162 Å². The summed E-state index contributed by atoms with van der Waals surface area (Å²) in [7, 11) is 0. The van der Waals surface area contributed by atoms with E-state index in [-0.39, 0.29) is 18.0 Å². The molecule has 0 spiro atoms. The van der Waals surface area contributed by atoms with Crippen molar-refractivity contribution in [2.24, 2.45) is 0 Å². The van der Waals surface area contributed by atoms with Gasteiger partial charge in [-0.2, -0.15) is 5.10 Å². The van der Waals surface area contributed by atoms with Crippen LogP contribution >= 0.6 is 0 Å². The third-order valence-electron chi connectivity index (χ3n) is 5.44. The van der Waals surface area contributed by atoms with E-state index >= 15 is 0 Å². The molecule has 1 aliphatic heterocycles. The third kappa shape index (κ3) is 3.20. The van der Waals surface area contributed by atoms with Crippen LogP contribution in [0.1, 0.15) is 25.6 Å². The zero-order valence-electron chi connectivity index (χ0n) is 15.9. The summed E-state index contributed by atoms with van der Waals surface area (Å²) < 4.78 is 1.79. The highest BCUT2D eigenvalue weighted by atomic mass is 16.2. The number of hydrogen-bond donors (Lipinski definition) is 2. The number of rotatable bonds is 5. The molecule has 1 amide bonds. The number of hydrogen-bond acceptors (Lipinski definition) is 5. The fraction of sp³-hybridized carbons (Fsp3) is 0.400. The first kappa shape index (κ1) is 18.4. The minimum Gasteiger partial charge on any atom is -0.333 e. The van der Waals surface area contributed by atoms with E-state index in [0.717, 1.165) is 13.1 Å². The average Bonchev–Trinajstić information content (AvgIpc) is 3.27. The van der Waals surface area contributed by atoms with Crippen LogP contribution < -0.4 is 10.9 Å². The Morgan fingerprint density at radius 1 is 1.25 bits per heavy atom. The predicted molar refractivity (Wildman–Crippen MR) is 106 cm³/mol. The van der Waals surface area contributed by atoms with Gasteiger partial charge in [-0.1, -0.05) is 12.1 Å². The summed E-state index contributed by atoms with van der Waals surface area (Å²) in [6.07, 6.45) is 4.90. The van der Waals surface area contributed by atoms with E-state index in [4.69, 9.17) is 0 Å². The number of carbonyl (C=O) groups excluding carboxylic acids is 1. The standard InChI is InChI=1S/C20H24N6O2/c1-2-25(14-17-23-16-7-4-3-6-15(16)18(27)24-17)19(28)20(8-11-21-12-9-20)26-13-5-10-22-26/h3-7,10,13,21H,2,8-9,11-12,14H2,1H3,(H,23,24,27). The average molecular weight is 380 g/mol. The van der Waals surface area contributed by atoms with Gasteiger partial charge in [0.1, 0.15) is 11.4 Å². The molecule has 0 aliphatic carbocycles. The van der Waals surface area contributed by atoms with E-state index in [2.05, 4.69) is 20.4 Å². The number of carbonyl (C=O) groups is 1. The minimum atomic E-state index is -0.706. The lowest BCUT2D eigenvalue weighted by Gasteiger charge is -2.39. The summed E-state index contributed by atoms with van der Waals surface area (Å²) in [5.74, 6) is 0.499. The Balaban J connectivity index is 1.66. The molecule has 1 saturated heterocycles. The molecule has 3 aromatic rings. The maximum Gasteiger partial charge on any atom is 0.258 e. The highest BCUT2D eigenvalue weighted by Gasteiger charge is 2.44. The highest BCUT2D eigenvalue weighted by molar-refractivity contribution is 5.84. The lowest BCUT2D eigenvalue weighted by Crippen LogP contribution is -2.55. The maximum absolute atomic E-state index is 13.6. The second-order valence-corrected chi connectivity index (χ2v) is 7.08.